The Labute approximate surface area is 123 Å². The van der Waals surface area contributed by atoms with Gasteiger partial charge >= 0.3 is 11.5 Å². The monoisotopic (exact) mass is 350 g/mol. The molecule has 0 aromatic heterocycles. The number of carbonyl (C=O) groups excluding carboxylic acids is 1. The van der Waals surface area contributed by atoms with Crippen molar-refractivity contribution in [3.63, 3.8) is 0 Å². The maximum atomic E-state index is 11.7. The van der Waals surface area contributed by atoms with Gasteiger partial charge < -0.3 is 10.1 Å². The first-order chi connectivity index (χ1) is 8.95. The van der Waals surface area contributed by atoms with Crippen LogP contribution in [0.15, 0.2) is 28.7 Å². The molecule has 2 unspecified atom stereocenters. The molecule has 0 amide bonds. The van der Waals surface area contributed by atoms with E-state index in [1.54, 1.807) is 31.2 Å². The molecule has 0 saturated carbocycles. The summed E-state index contributed by atoms with van der Waals surface area (Å²) < 4.78 is 5.62. The maximum absolute atomic E-state index is 11.7. The summed E-state index contributed by atoms with van der Waals surface area (Å²) in [5.74, 6) is -0.762. The highest BCUT2D eigenvalue weighted by Gasteiger charge is 2.36. The van der Waals surface area contributed by atoms with Gasteiger partial charge in [0.25, 0.3) is 0 Å². The zero-order valence-electron chi connectivity index (χ0n) is 10.0. The van der Waals surface area contributed by atoms with Gasteiger partial charge in [-0.25, -0.2) is 4.79 Å². The van der Waals surface area contributed by atoms with Gasteiger partial charge in [0.05, 0.1) is 6.61 Å². The molecule has 1 N–H and O–H groups in total. The summed E-state index contributed by atoms with van der Waals surface area (Å²) in [6.07, 6.45) is 0. The Morgan fingerprint density at radius 2 is 2.11 bits per heavy atom. The molecule has 6 nitrogen and oxygen atoms in total. The lowest BCUT2D eigenvalue weighted by atomic mass is 10.2. The zero-order chi connectivity index (χ0) is 14.4. The van der Waals surface area contributed by atoms with Crippen molar-refractivity contribution < 1.29 is 14.5 Å². The van der Waals surface area contributed by atoms with Crippen LogP contribution in [0, 0.1) is 10.1 Å². The van der Waals surface area contributed by atoms with E-state index in [1.165, 1.54) is 0 Å². The molecule has 0 fully saturated rings. The number of anilines is 1. The average molecular weight is 352 g/mol. The van der Waals surface area contributed by atoms with E-state index < -0.39 is 22.4 Å². The van der Waals surface area contributed by atoms with E-state index in [9.17, 15) is 14.9 Å². The fourth-order valence-corrected chi connectivity index (χ4v) is 1.75. The van der Waals surface area contributed by atoms with E-state index in [2.05, 4.69) is 21.2 Å². The number of nitro groups is 1. The normalized spacial score (nSPS) is 13.4. The summed E-state index contributed by atoms with van der Waals surface area (Å²) in [4.78, 5) is 21.6. The van der Waals surface area contributed by atoms with Crippen LogP contribution in [0.25, 0.3) is 0 Å². The van der Waals surface area contributed by atoms with Crippen molar-refractivity contribution in [3.8, 4) is 0 Å². The Morgan fingerprint density at radius 1 is 1.53 bits per heavy atom. The molecule has 1 rings (SSSR count). The predicted molar refractivity (Wildman–Crippen MR) is 74.8 cm³/mol. The van der Waals surface area contributed by atoms with Gasteiger partial charge in [-0.15, -0.1) is 0 Å². The fraction of sp³-hybridized carbons (Fsp3) is 0.364. The van der Waals surface area contributed by atoms with Gasteiger partial charge in [0.2, 0.25) is 6.04 Å². The molecule has 1 aromatic rings. The van der Waals surface area contributed by atoms with Crippen LogP contribution in [-0.2, 0) is 9.53 Å². The molecule has 0 aliphatic heterocycles. The molecule has 0 saturated heterocycles. The number of esters is 1. The van der Waals surface area contributed by atoms with E-state index >= 15 is 0 Å². The van der Waals surface area contributed by atoms with Crippen LogP contribution in [0.2, 0.25) is 0 Å². The first-order valence-corrected chi connectivity index (χ1v) is 6.65. The largest absolute Gasteiger partial charge is 0.464 e. The standard InChI is InChI=1S/C11H12BrClN2O4/c1-2-19-11(16)9(10(13)15(17)18)14-8-5-3-7(12)4-6-8/h3-6,9-10,14H,2H2,1H3. The first-order valence-electron chi connectivity index (χ1n) is 5.42. The van der Waals surface area contributed by atoms with Crippen molar-refractivity contribution in [1.29, 1.82) is 0 Å². The molecular formula is C11H12BrClN2O4. The lowest BCUT2D eigenvalue weighted by Crippen LogP contribution is -2.43. The summed E-state index contributed by atoms with van der Waals surface area (Å²) in [6.45, 7) is 1.74. The number of halogens is 2. The van der Waals surface area contributed by atoms with Crippen LogP contribution in [0.1, 0.15) is 6.92 Å². The lowest BCUT2D eigenvalue weighted by Gasteiger charge is -2.18. The zero-order valence-corrected chi connectivity index (χ0v) is 12.3. The highest BCUT2D eigenvalue weighted by Crippen LogP contribution is 2.18. The molecule has 0 radical (unpaired) electrons. The highest BCUT2D eigenvalue weighted by atomic mass is 79.9. The molecular weight excluding hydrogens is 339 g/mol. The summed E-state index contributed by atoms with van der Waals surface area (Å²) in [5.41, 5.74) is -1.07. The van der Waals surface area contributed by atoms with Gasteiger partial charge in [-0.3, -0.25) is 10.1 Å². The molecule has 0 spiro atoms. The summed E-state index contributed by atoms with van der Waals surface area (Å²) in [6, 6.07) is 5.55. The minimum absolute atomic E-state index is 0.124. The van der Waals surface area contributed by atoms with Crippen LogP contribution in [0.4, 0.5) is 5.69 Å². The quantitative estimate of drug-likeness (QED) is 0.280. The minimum Gasteiger partial charge on any atom is -0.464 e. The predicted octanol–water partition coefficient (Wildman–Crippen LogP) is 2.63. The summed E-state index contributed by atoms with van der Waals surface area (Å²) >= 11 is 8.89. The summed E-state index contributed by atoms with van der Waals surface area (Å²) in [7, 11) is 0. The number of ether oxygens (including phenoxy) is 1. The molecule has 19 heavy (non-hydrogen) atoms. The highest BCUT2D eigenvalue weighted by molar-refractivity contribution is 9.10. The van der Waals surface area contributed by atoms with E-state index in [-0.39, 0.29) is 6.61 Å². The molecule has 1 aromatic carbocycles. The van der Waals surface area contributed by atoms with Gasteiger partial charge in [-0.2, -0.15) is 0 Å². The number of hydrogen-bond acceptors (Lipinski definition) is 5. The molecule has 8 heteroatoms. The average Bonchev–Trinajstić information content (AvgIpc) is 2.37. The number of carbonyl (C=O) groups is 1. The molecule has 0 aliphatic carbocycles. The number of nitrogens with one attached hydrogen (secondary N) is 1. The molecule has 0 bridgehead atoms. The summed E-state index contributed by atoms with van der Waals surface area (Å²) in [5, 5.41) is 13.4. The van der Waals surface area contributed by atoms with E-state index in [4.69, 9.17) is 16.3 Å². The van der Waals surface area contributed by atoms with Gasteiger partial charge in [0.15, 0.2) is 0 Å². The van der Waals surface area contributed by atoms with Crippen molar-refractivity contribution in [2.45, 2.75) is 18.5 Å². The van der Waals surface area contributed by atoms with Crippen molar-refractivity contribution in [2.75, 3.05) is 11.9 Å². The van der Waals surface area contributed by atoms with E-state index in [0.29, 0.717) is 5.69 Å². The van der Waals surface area contributed by atoms with Crippen molar-refractivity contribution in [1.82, 2.24) is 0 Å². The first kappa shape index (κ1) is 15.7. The third kappa shape index (κ3) is 4.68. The number of hydrogen-bond donors (Lipinski definition) is 1. The number of nitrogens with zero attached hydrogens (tertiary/aromatic N) is 1. The number of rotatable bonds is 6. The third-order valence-corrected chi connectivity index (χ3v) is 3.12. The van der Waals surface area contributed by atoms with Crippen LogP contribution in [0.3, 0.4) is 0 Å². The second kappa shape index (κ2) is 7.30. The topological polar surface area (TPSA) is 81.5 Å². The second-order valence-corrected chi connectivity index (χ2v) is 4.90. The van der Waals surface area contributed by atoms with Crippen LogP contribution < -0.4 is 5.32 Å². The van der Waals surface area contributed by atoms with Gasteiger partial charge in [0, 0.05) is 15.1 Å². The fourth-order valence-electron chi connectivity index (χ4n) is 1.32. The SMILES string of the molecule is CCOC(=O)C(Nc1ccc(Br)cc1)C(Cl)[N+](=O)[O-]. The van der Waals surface area contributed by atoms with Gasteiger partial charge in [-0.1, -0.05) is 15.9 Å². The number of benzene rings is 1. The van der Waals surface area contributed by atoms with Crippen LogP contribution in [0.5, 0.6) is 0 Å². The maximum Gasteiger partial charge on any atom is 0.337 e. The Balaban J connectivity index is 2.87. The Morgan fingerprint density at radius 3 is 2.58 bits per heavy atom. The van der Waals surface area contributed by atoms with Crippen LogP contribution in [-0.4, -0.2) is 29.0 Å². The van der Waals surface area contributed by atoms with Crippen molar-refractivity contribution >= 4 is 39.2 Å². The van der Waals surface area contributed by atoms with E-state index in [0.717, 1.165) is 4.47 Å². The Bertz CT molecular complexity index is 455. The third-order valence-electron chi connectivity index (χ3n) is 2.18. The molecule has 104 valence electrons. The lowest BCUT2D eigenvalue weighted by molar-refractivity contribution is -0.498. The van der Waals surface area contributed by atoms with Gasteiger partial charge in [-0.05, 0) is 42.8 Å². The van der Waals surface area contributed by atoms with Crippen molar-refractivity contribution in [2.24, 2.45) is 0 Å². The van der Waals surface area contributed by atoms with Crippen molar-refractivity contribution in [3.05, 3.63) is 38.9 Å². The van der Waals surface area contributed by atoms with Crippen LogP contribution >= 0.6 is 27.5 Å². The molecule has 0 heterocycles. The minimum atomic E-state index is -1.61. The Kier molecular flexibility index (Phi) is 6.04. The van der Waals surface area contributed by atoms with E-state index in [1.807, 2.05) is 0 Å². The Hall–Kier alpha value is -1.34. The van der Waals surface area contributed by atoms with Gasteiger partial charge in [0.1, 0.15) is 0 Å². The number of alkyl halides is 1. The smallest absolute Gasteiger partial charge is 0.337 e. The molecule has 0 aliphatic rings. The second-order valence-electron chi connectivity index (χ2n) is 3.54. The molecule has 2 atom stereocenters.